The Balaban J connectivity index is 1.56. The quantitative estimate of drug-likeness (QED) is 0.639. The van der Waals surface area contributed by atoms with Crippen LogP contribution in [-0.2, 0) is 21.9 Å². The summed E-state index contributed by atoms with van der Waals surface area (Å²) in [4.78, 5) is 23.3. The molecular formula is C25H30N4O3S. The number of H-pyrrole nitrogens is 1. The summed E-state index contributed by atoms with van der Waals surface area (Å²) in [6.45, 7) is 7.29. The molecule has 1 amide bonds. The molecular weight excluding hydrogens is 436 g/mol. The summed E-state index contributed by atoms with van der Waals surface area (Å²) in [5, 5.41) is 0. The maximum atomic E-state index is 13.6. The first-order valence-corrected chi connectivity index (χ1v) is 12.7. The average Bonchev–Trinajstić information content (AvgIpc) is 3.23. The normalized spacial score (nSPS) is 24.2. The van der Waals surface area contributed by atoms with E-state index in [1.807, 2.05) is 35.2 Å². The number of aromatic amines is 1. The van der Waals surface area contributed by atoms with Crippen LogP contribution in [0.5, 0.6) is 0 Å². The molecule has 3 aromatic rings. The van der Waals surface area contributed by atoms with Crippen molar-refractivity contribution in [2.45, 2.75) is 50.0 Å². The lowest BCUT2D eigenvalue weighted by atomic mass is 9.51. The number of sulfonamides is 1. The van der Waals surface area contributed by atoms with Crippen LogP contribution in [0, 0.1) is 5.41 Å². The number of rotatable bonds is 3. The van der Waals surface area contributed by atoms with Crippen molar-refractivity contribution in [2.75, 3.05) is 20.6 Å². The maximum absolute atomic E-state index is 13.6. The number of carbonyl (C=O) groups excluding carboxylic acids is 1. The zero-order valence-electron chi connectivity index (χ0n) is 19.7. The smallest absolute Gasteiger partial charge is 0.254 e. The first-order valence-electron chi connectivity index (χ1n) is 11.3. The molecule has 5 rings (SSSR count). The van der Waals surface area contributed by atoms with E-state index in [-0.39, 0.29) is 22.8 Å². The van der Waals surface area contributed by atoms with Gasteiger partial charge in [-0.15, -0.1) is 0 Å². The number of hydrogen-bond acceptors (Lipinski definition) is 4. The monoisotopic (exact) mass is 466 g/mol. The highest BCUT2D eigenvalue weighted by molar-refractivity contribution is 7.89. The fourth-order valence-corrected chi connectivity index (χ4v) is 6.66. The van der Waals surface area contributed by atoms with E-state index >= 15 is 0 Å². The largest absolute Gasteiger partial charge is 0.345 e. The van der Waals surface area contributed by atoms with Gasteiger partial charge in [-0.2, -0.15) is 0 Å². The number of piperidine rings is 1. The minimum Gasteiger partial charge on any atom is -0.345 e. The number of benzene rings is 2. The summed E-state index contributed by atoms with van der Waals surface area (Å²) in [5.74, 6) is 0.0295. The molecule has 0 unspecified atom stereocenters. The number of fused-ring (bicyclic) bond motifs is 5. The summed E-state index contributed by atoms with van der Waals surface area (Å²) in [6.07, 6.45) is 3.11. The molecule has 1 saturated heterocycles. The summed E-state index contributed by atoms with van der Waals surface area (Å²) in [5.41, 5.74) is 4.10. The Labute approximate surface area is 194 Å². The number of amides is 1. The second kappa shape index (κ2) is 7.14. The number of likely N-dealkylation sites (tertiary alicyclic amines) is 1. The van der Waals surface area contributed by atoms with Gasteiger partial charge in [0.25, 0.3) is 5.91 Å². The van der Waals surface area contributed by atoms with Gasteiger partial charge in [-0.05, 0) is 59.7 Å². The molecule has 0 radical (unpaired) electrons. The second-order valence-electron chi connectivity index (χ2n) is 10.3. The molecule has 2 bridgehead atoms. The van der Waals surface area contributed by atoms with Crippen LogP contribution in [0.2, 0.25) is 0 Å². The minimum absolute atomic E-state index is 0.0185. The summed E-state index contributed by atoms with van der Waals surface area (Å²) in [7, 11) is -0.401. The lowest BCUT2D eigenvalue weighted by molar-refractivity contribution is -0.0263. The molecule has 8 heteroatoms. The molecule has 1 N–H and O–H groups in total. The molecule has 7 nitrogen and oxygen atoms in total. The molecule has 33 heavy (non-hydrogen) atoms. The Morgan fingerprint density at radius 2 is 1.91 bits per heavy atom. The molecule has 1 aromatic heterocycles. The molecule has 1 aliphatic heterocycles. The van der Waals surface area contributed by atoms with Crippen LogP contribution in [0.25, 0.3) is 11.0 Å². The van der Waals surface area contributed by atoms with Gasteiger partial charge in [-0.1, -0.05) is 26.8 Å². The minimum atomic E-state index is -3.51. The number of hydrogen-bond donors (Lipinski definition) is 1. The second-order valence-corrected chi connectivity index (χ2v) is 12.4. The fourth-order valence-electron chi connectivity index (χ4n) is 5.73. The van der Waals surface area contributed by atoms with Gasteiger partial charge < -0.3 is 9.88 Å². The summed E-state index contributed by atoms with van der Waals surface area (Å²) in [6, 6.07) is 11.1. The van der Waals surface area contributed by atoms with Crippen LogP contribution in [0.4, 0.5) is 0 Å². The number of carbonyl (C=O) groups is 1. The highest BCUT2D eigenvalue weighted by Gasteiger charge is 2.57. The molecule has 2 atom stereocenters. The van der Waals surface area contributed by atoms with Gasteiger partial charge in [0.1, 0.15) is 0 Å². The Morgan fingerprint density at radius 3 is 2.64 bits per heavy atom. The van der Waals surface area contributed by atoms with Crippen molar-refractivity contribution in [1.29, 1.82) is 0 Å². The van der Waals surface area contributed by atoms with Gasteiger partial charge in [0.2, 0.25) is 10.0 Å². The van der Waals surface area contributed by atoms with Crippen LogP contribution in [0.3, 0.4) is 0 Å². The molecule has 0 saturated carbocycles. The van der Waals surface area contributed by atoms with E-state index in [1.54, 1.807) is 26.5 Å². The topological polar surface area (TPSA) is 86.4 Å². The van der Waals surface area contributed by atoms with Crippen molar-refractivity contribution < 1.29 is 13.2 Å². The number of nitrogens with zero attached hydrogens (tertiary/aromatic N) is 3. The third kappa shape index (κ3) is 3.07. The Hall–Kier alpha value is -2.71. The molecule has 1 fully saturated rings. The van der Waals surface area contributed by atoms with E-state index in [0.717, 1.165) is 28.6 Å². The lowest BCUT2D eigenvalue weighted by Gasteiger charge is -2.60. The average molecular weight is 467 g/mol. The summed E-state index contributed by atoms with van der Waals surface area (Å²) < 4.78 is 26.8. The molecule has 2 aromatic carbocycles. The molecule has 174 valence electrons. The highest BCUT2D eigenvalue weighted by atomic mass is 32.2. The predicted octanol–water partition coefficient (Wildman–Crippen LogP) is 3.57. The van der Waals surface area contributed by atoms with Crippen molar-refractivity contribution in [3.05, 3.63) is 59.4 Å². The number of imidazole rings is 1. The SMILES string of the molecule is CN(C)S(=O)(=O)c1ccc2c(c1)[C@]1(C)CCN(C(=O)c3ccc4nc[nH]c4c3)[C@H](C2)C1(C)C. The van der Waals surface area contributed by atoms with E-state index in [1.165, 1.54) is 4.31 Å². The van der Waals surface area contributed by atoms with Crippen LogP contribution in [0.15, 0.2) is 47.6 Å². The lowest BCUT2D eigenvalue weighted by Crippen LogP contribution is -2.64. The van der Waals surface area contributed by atoms with Gasteiger partial charge in [-0.3, -0.25) is 4.79 Å². The predicted molar refractivity (Wildman–Crippen MR) is 128 cm³/mol. The zero-order chi connectivity index (χ0) is 23.8. The Morgan fingerprint density at radius 1 is 1.15 bits per heavy atom. The number of nitrogens with one attached hydrogen (secondary N) is 1. The fraction of sp³-hybridized carbons (Fsp3) is 0.440. The van der Waals surface area contributed by atoms with Crippen molar-refractivity contribution >= 4 is 27.0 Å². The van der Waals surface area contributed by atoms with Crippen LogP contribution >= 0.6 is 0 Å². The van der Waals surface area contributed by atoms with Gasteiger partial charge in [0.05, 0.1) is 22.3 Å². The maximum Gasteiger partial charge on any atom is 0.254 e. The van der Waals surface area contributed by atoms with E-state index in [4.69, 9.17) is 0 Å². The standard InChI is InChI=1S/C25H30N4O3S/c1-24(2)22-13-16-6-8-18(33(31,32)28(4)5)14-19(16)25(24,3)10-11-29(22)23(30)17-7-9-20-21(12-17)27-15-26-20/h6-9,12,14-15,22H,10-11,13H2,1-5H3,(H,26,27)/t22-,25+/m1/s1. The summed E-state index contributed by atoms with van der Waals surface area (Å²) >= 11 is 0. The van der Waals surface area contributed by atoms with Crippen LogP contribution < -0.4 is 0 Å². The van der Waals surface area contributed by atoms with E-state index in [2.05, 4.69) is 30.7 Å². The first kappa shape index (κ1) is 22.1. The third-order valence-corrected chi connectivity index (χ3v) is 10.1. The van der Waals surface area contributed by atoms with Gasteiger partial charge in [0, 0.05) is 37.7 Å². The van der Waals surface area contributed by atoms with Gasteiger partial charge in [-0.25, -0.2) is 17.7 Å². The molecule has 0 spiro atoms. The van der Waals surface area contributed by atoms with Crippen LogP contribution in [-0.4, -0.2) is 60.2 Å². The first-order chi connectivity index (χ1) is 15.5. The Kier molecular flexibility index (Phi) is 4.78. The van der Waals surface area contributed by atoms with E-state index in [9.17, 15) is 13.2 Å². The molecule has 2 heterocycles. The number of aromatic nitrogens is 2. The van der Waals surface area contributed by atoms with Crippen LogP contribution in [0.1, 0.15) is 48.7 Å². The third-order valence-electron chi connectivity index (χ3n) is 8.28. The molecule has 2 aliphatic rings. The molecule has 1 aliphatic carbocycles. The van der Waals surface area contributed by atoms with Crippen molar-refractivity contribution in [3.63, 3.8) is 0 Å². The highest BCUT2D eigenvalue weighted by Crippen LogP contribution is 2.56. The van der Waals surface area contributed by atoms with Crippen molar-refractivity contribution in [3.8, 4) is 0 Å². The van der Waals surface area contributed by atoms with Gasteiger partial charge >= 0.3 is 0 Å². The van der Waals surface area contributed by atoms with E-state index in [0.29, 0.717) is 23.4 Å². The van der Waals surface area contributed by atoms with Crippen molar-refractivity contribution in [2.24, 2.45) is 5.41 Å². The van der Waals surface area contributed by atoms with Crippen molar-refractivity contribution in [1.82, 2.24) is 19.2 Å². The van der Waals surface area contributed by atoms with E-state index < -0.39 is 10.0 Å². The van der Waals surface area contributed by atoms with Gasteiger partial charge in [0.15, 0.2) is 0 Å². The Bertz CT molecular complexity index is 1380. The zero-order valence-corrected chi connectivity index (χ0v) is 20.5.